The maximum absolute atomic E-state index is 13.7. The first-order valence-corrected chi connectivity index (χ1v) is 12.1. The molecule has 4 aliphatic carbocycles. The number of hydrogen-bond donors (Lipinski definition) is 0. The van der Waals surface area contributed by atoms with E-state index >= 15 is 0 Å². The van der Waals surface area contributed by atoms with E-state index in [9.17, 15) is 26.5 Å². The number of fused-ring (bicyclic) bond motifs is 1. The largest absolute Gasteiger partial charge is 0.743 e. The Kier molecular flexibility index (Phi) is 4.50. The van der Waals surface area contributed by atoms with Gasteiger partial charge in [-0.2, -0.15) is 8.78 Å². The Morgan fingerprint density at radius 1 is 1.23 bits per heavy atom. The number of para-hydroxylation sites is 1. The predicted octanol–water partition coefficient (Wildman–Crippen LogP) is 3.16. The molecular formula is C19H18F2IO7S-. The standard InChI is InChI=1S/C19H19F2IO7S/c20-19(21,30(24,25)26)16(23)29-17-6-10-4-12(7-17)18(13(5-10)8-17)27-9-11-2-1-3-14(22)15(11)28-18/h1-3,10,12-13H,4-9H2,(H,24,25,26)/p-1. The van der Waals surface area contributed by atoms with Crippen LogP contribution in [-0.4, -0.2) is 35.6 Å². The molecule has 4 fully saturated rings. The van der Waals surface area contributed by atoms with E-state index in [1.165, 1.54) is 0 Å². The second-order valence-electron chi connectivity index (χ2n) is 8.73. The van der Waals surface area contributed by atoms with Gasteiger partial charge in [0.05, 0.1) is 10.2 Å². The summed E-state index contributed by atoms with van der Waals surface area (Å²) < 4.78 is 78.7. The van der Waals surface area contributed by atoms with Crippen LogP contribution in [0.2, 0.25) is 0 Å². The first kappa shape index (κ1) is 20.8. The summed E-state index contributed by atoms with van der Waals surface area (Å²) in [7, 11) is -6.16. The van der Waals surface area contributed by atoms with Crippen molar-refractivity contribution in [1.82, 2.24) is 0 Å². The molecule has 7 nitrogen and oxygen atoms in total. The molecule has 5 aliphatic rings. The van der Waals surface area contributed by atoms with Gasteiger partial charge in [0.1, 0.15) is 11.4 Å². The third kappa shape index (κ3) is 2.91. The van der Waals surface area contributed by atoms with Crippen LogP contribution in [0.3, 0.4) is 0 Å². The Labute approximate surface area is 185 Å². The molecule has 30 heavy (non-hydrogen) atoms. The first-order valence-electron chi connectivity index (χ1n) is 9.63. The molecule has 1 spiro atoms. The minimum Gasteiger partial charge on any atom is -0.743 e. The fourth-order valence-electron chi connectivity index (χ4n) is 5.90. The molecule has 1 heterocycles. The van der Waals surface area contributed by atoms with Crippen LogP contribution < -0.4 is 4.74 Å². The number of esters is 1. The van der Waals surface area contributed by atoms with Gasteiger partial charge in [0.2, 0.25) is 5.79 Å². The summed E-state index contributed by atoms with van der Waals surface area (Å²) in [5.41, 5.74) is -0.299. The summed E-state index contributed by atoms with van der Waals surface area (Å²) in [5.74, 6) is -2.72. The minimum atomic E-state index is -6.16. The van der Waals surface area contributed by atoms with Crippen LogP contribution in [0.4, 0.5) is 8.78 Å². The van der Waals surface area contributed by atoms with Crippen LogP contribution in [0, 0.1) is 21.3 Å². The second-order valence-corrected chi connectivity index (χ2v) is 11.3. The van der Waals surface area contributed by atoms with Gasteiger partial charge in [-0.05, 0) is 66.7 Å². The number of hydrogen-bond acceptors (Lipinski definition) is 7. The van der Waals surface area contributed by atoms with Crippen molar-refractivity contribution in [3.63, 3.8) is 0 Å². The molecule has 0 aromatic heterocycles. The smallest absolute Gasteiger partial charge is 0.428 e. The van der Waals surface area contributed by atoms with Crippen molar-refractivity contribution in [3.8, 4) is 5.75 Å². The van der Waals surface area contributed by atoms with Crippen LogP contribution in [-0.2, 0) is 31.0 Å². The van der Waals surface area contributed by atoms with E-state index in [1.807, 2.05) is 18.2 Å². The van der Waals surface area contributed by atoms with E-state index in [1.54, 1.807) is 0 Å². The third-order valence-corrected chi connectivity index (χ3v) is 8.54. The highest BCUT2D eigenvalue weighted by atomic mass is 127. The first-order chi connectivity index (χ1) is 14.0. The average molecular weight is 555 g/mol. The topological polar surface area (TPSA) is 102 Å². The minimum absolute atomic E-state index is 0.127. The molecule has 2 unspecified atom stereocenters. The Hall–Kier alpha value is -1.05. The van der Waals surface area contributed by atoms with Crippen molar-refractivity contribution in [1.29, 1.82) is 0 Å². The fraction of sp³-hybridized carbons (Fsp3) is 0.632. The Balaban J connectivity index is 1.44. The lowest BCUT2D eigenvalue weighted by Gasteiger charge is -2.63. The zero-order chi connectivity index (χ0) is 21.5. The molecule has 6 rings (SSSR count). The van der Waals surface area contributed by atoms with E-state index < -0.39 is 32.7 Å². The lowest BCUT2D eigenvalue weighted by Crippen LogP contribution is -2.68. The third-order valence-electron chi connectivity index (χ3n) is 6.90. The zero-order valence-corrected chi connectivity index (χ0v) is 18.6. The predicted molar refractivity (Wildman–Crippen MR) is 104 cm³/mol. The molecule has 0 saturated heterocycles. The van der Waals surface area contributed by atoms with Crippen molar-refractivity contribution in [2.24, 2.45) is 17.8 Å². The highest BCUT2D eigenvalue weighted by molar-refractivity contribution is 14.1. The molecule has 2 atom stereocenters. The van der Waals surface area contributed by atoms with E-state index in [2.05, 4.69) is 22.6 Å². The van der Waals surface area contributed by atoms with Crippen LogP contribution in [0.5, 0.6) is 5.75 Å². The van der Waals surface area contributed by atoms with Gasteiger partial charge in [-0.1, -0.05) is 12.1 Å². The second kappa shape index (κ2) is 6.48. The maximum atomic E-state index is 13.7. The van der Waals surface area contributed by atoms with E-state index in [-0.39, 0.29) is 30.6 Å². The van der Waals surface area contributed by atoms with Gasteiger partial charge in [0.25, 0.3) is 0 Å². The van der Waals surface area contributed by atoms with Crippen molar-refractivity contribution in [2.45, 2.75) is 55.4 Å². The van der Waals surface area contributed by atoms with Gasteiger partial charge >= 0.3 is 11.2 Å². The number of benzene rings is 1. The van der Waals surface area contributed by atoms with Crippen molar-refractivity contribution in [2.75, 3.05) is 0 Å². The molecule has 1 aromatic rings. The van der Waals surface area contributed by atoms with Crippen molar-refractivity contribution < 1.29 is 40.8 Å². The van der Waals surface area contributed by atoms with Crippen LogP contribution in [0.25, 0.3) is 0 Å². The number of alkyl halides is 2. The fourth-order valence-corrected chi connectivity index (χ4v) is 6.81. The van der Waals surface area contributed by atoms with E-state index in [0.717, 1.165) is 27.7 Å². The summed E-state index contributed by atoms with van der Waals surface area (Å²) >= 11 is 2.19. The SMILES string of the molecule is O=C(OC12CC3CC(C1)C1(OCc4cccc(I)c4O1)C(C3)C2)C(F)(F)S(=O)(=O)[O-]. The number of ether oxygens (including phenoxy) is 3. The molecule has 0 radical (unpaired) electrons. The van der Waals surface area contributed by atoms with E-state index in [0.29, 0.717) is 13.0 Å². The summed E-state index contributed by atoms with van der Waals surface area (Å²) in [6.07, 6.45) is 2.29. The molecule has 164 valence electrons. The molecule has 4 bridgehead atoms. The van der Waals surface area contributed by atoms with Crippen LogP contribution in [0.15, 0.2) is 18.2 Å². The van der Waals surface area contributed by atoms with Crippen molar-refractivity contribution in [3.05, 3.63) is 27.3 Å². The molecular weight excluding hydrogens is 537 g/mol. The number of carbonyl (C=O) groups is 1. The van der Waals surface area contributed by atoms with Gasteiger partial charge in [0.15, 0.2) is 10.1 Å². The normalized spacial score (nSPS) is 37.0. The average Bonchev–Trinajstić information content (AvgIpc) is 2.65. The van der Waals surface area contributed by atoms with Crippen LogP contribution in [0.1, 0.15) is 37.7 Å². The Morgan fingerprint density at radius 3 is 2.53 bits per heavy atom. The molecule has 1 aromatic carbocycles. The zero-order valence-electron chi connectivity index (χ0n) is 15.6. The summed E-state index contributed by atoms with van der Waals surface area (Å²) in [4.78, 5) is 12.0. The van der Waals surface area contributed by atoms with Gasteiger partial charge in [-0.3, -0.25) is 0 Å². The monoisotopic (exact) mass is 555 g/mol. The van der Waals surface area contributed by atoms with Gasteiger partial charge < -0.3 is 18.8 Å². The maximum Gasteiger partial charge on any atom is 0.428 e. The van der Waals surface area contributed by atoms with Gasteiger partial charge in [0, 0.05) is 17.4 Å². The summed E-state index contributed by atoms with van der Waals surface area (Å²) in [6, 6.07) is 5.78. The molecule has 11 heteroatoms. The molecule has 1 aliphatic heterocycles. The molecule has 0 N–H and O–H groups in total. The lowest BCUT2D eigenvalue weighted by molar-refractivity contribution is -0.337. The number of rotatable bonds is 3. The number of halogens is 3. The highest BCUT2D eigenvalue weighted by Gasteiger charge is 2.68. The molecule has 0 amide bonds. The van der Waals surface area contributed by atoms with Gasteiger partial charge in [-0.25, -0.2) is 13.2 Å². The Morgan fingerprint density at radius 2 is 1.90 bits per heavy atom. The molecule has 4 saturated carbocycles. The van der Waals surface area contributed by atoms with Gasteiger partial charge in [-0.15, -0.1) is 0 Å². The Bertz CT molecular complexity index is 1010. The van der Waals surface area contributed by atoms with Crippen LogP contribution >= 0.6 is 22.6 Å². The summed E-state index contributed by atoms with van der Waals surface area (Å²) in [6.45, 7) is 0.364. The number of carbonyl (C=O) groups excluding carboxylic acids is 1. The van der Waals surface area contributed by atoms with Crippen molar-refractivity contribution >= 4 is 38.7 Å². The quantitative estimate of drug-likeness (QED) is 0.321. The summed E-state index contributed by atoms with van der Waals surface area (Å²) in [5, 5.41) is -5.11. The lowest BCUT2D eigenvalue weighted by atomic mass is 9.51. The van der Waals surface area contributed by atoms with E-state index in [4.69, 9.17) is 14.2 Å². The highest BCUT2D eigenvalue weighted by Crippen LogP contribution is 2.64.